The second kappa shape index (κ2) is 7.44. The van der Waals surface area contributed by atoms with Crippen LogP contribution < -0.4 is 5.32 Å². The van der Waals surface area contributed by atoms with Crippen LogP contribution in [-0.2, 0) is 11.2 Å². The van der Waals surface area contributed by atoms with Gasteiger partial charge in [-0.05, 0) is 31.5 Å². The van der Waals surface area contributed by atoms with Crippen LogP contribution in [0.2, 0.25) is 0 Å². The number of nitrogens with zero attached hydrogens (tertiary/aromatic N) is 1. The van der Waals surface area contributed by atoms with E-state index in [2.05, 4.69) is 10.3 Å². The summed E-state index contributed by atoms with van der Waals surface area (Å²) in [5, 5.41) is 4.27. The number of ether oxygens (including phenoxy) is 1. The maximum Gasteiger partial charge on any atom is 0.341 e. The molecular weight excluding hydrogens is 336 g/mol. The third kappa shape index (κ3) is 3.69. The number of nitrogens with one attached hydrogen (secondary N) is 1. The molecule has 0 unspecified atom stereocenters. The average molecular weight is 354 g/mol. The quantitative estimate of drug-likeness (QED) is 0.694. The van der Waals surface area contributed by atoms with Crippen molar-refractivity contribution in [2.24, 2.45) is 0 Å². The van der Waals surface area contributed by atoms with Crippen LogP contribution in [0.3, 0.4) is 0 Å². The van der Waals surface area contributed by atoms with Crippen LogP contribution in [0, 0.1) is 0 Å². The molecule has 0 aliphatic rings. The Kier molecular flexibility index (Phi) is 5.09. The van der Waals surface area contributed by atoms with E-state index in [4.69, 9.17) is 4.74 Å². The normalized spacial score (nSPS) is 10.6. The van der Waals surface area contributed by atoms with Gasteiger partial charge < -0.3 is 10.1 Å². The Bertz CT molecular complexity index is 933. The van der Waals surface area contributed by atoms with Crippen molar-refractivity contribution in [3.63, 3.8) is 0 Å². The molecule has 0 aliphatic heterocycles. The smallest absolute Gasteiger partial charge is 0.341 e. The molecule has 0 atom stereocenters. The summed E-state index contributed by atoms with van der Waals surface area (Å²) in [5.74, 6) is -0.777. The SMILES string of the molecule is CCOC(=O)c1cc(CC)sc1NC(=O)c1ccc2ccccc2n1. The Morgan fingerprint density at radius 3 is 2.72 bits per heavy atom. The fourth-order valence-electron chi connectivity index (χ4n) is 2.43. The lowest BCUT2D eigenvalue weighted by Crippen LogP contribution is -2.15. The van der Waals surface area contributed by atoms with E-state index < -0.39 is 5.97 Å². The number of aromatic nitrogens is 1. The van der Waals surface area contributed by atoms with Crippen molar-refractivity contribution in [1.29, 1.82) is 0 Å². The first-order valence-corrected chi connectivity index (χ1v) is 8.91. The van der Waals surface area contributed by atoms with Crippen LogP contribution in [0.1, 0.15) is 39.6 Å². The molecule has 25 heavy (non-hydrogen) atoms. The van der Waals surface area contributed by atoms with Crippen LogP contribution in [-0.4, -0.2) is 23.5 Å². The minimum absolute atomic E-state index is 0.287. The monoisotopic (exact) mass is 354 g/mol. The van der Waals surface area contributed by atoms with Gasteiger partial charge in [-0.15, -0.1) is 11.3 Å². The standard InChI is InChI=1S/C19H18N2O3S/c1-3-13-11-14(19(23)24-4-2)18(25-13)21-17(22)16-10-9-12-7-5-6-8-15(12)20-16/h5-11H,3-4H2,1-2H3,(H,21,22). The molecule has 0 aliphatic carbocycles. The Balaban J connectivity index is 1.88. The zero-order valence-corrected chi connectivity index (χ0v) is 14.9. The van der Waals surface area contributed by atoms with E-state index in [9.17, 15) is 9.59 Å². The molecule has 128 valence electrons. The van der Waals surface area contributed by atoms with Crippen molar-refractivity contribution in [2.75, 3.05) is 11.9 Å². The number of rotatable bonds is 5. The molecule has 0 saturated carbocycles. The summed E-state index contributed by atoms with van der Waals surface area (Å²) < 4.78 is 5.07. The highest BCUT2D eigenvalue weighted by Gasteiger charge is 2.19. The Hall–Kier alpha value is -2.73. The van der Waals surface area contributed by atoms with E-state index in [-0.39, 0.29) is 12.5 Å². The number of anilines is 1. The van der Waals surface area contributed by atoms with Gasteiger partial charge in [-0.1, -0.05) is 31.2 Å². The number of esters is 1. The summed E-state index contributed by atoms with van der Waals surface area (Å²) in [6.45, 7) is 4.04. The fourth-order valence-corrected chi connectivity index (χ4v) is 3.41. The van der Waals surface area contributed by atoms with Gasteiger partial charge in [-0.25, -0.2) is 9.78 Å². The number of carbonyl (C=O) groups is 2. The Labute approximate surface area is 149 Å². The van der Waals surface area contributed by atoms with Crippen LogP contribution in [0.4, 0.5) is 5.00 Å². The van der Waals surface area contributed by atoms with Gasteiger partial charge in [-0.3, -0.25) is 4.79 Å². The Morgan fingerprint density at radius 2 is 1.96 bits per heavy atom. The van der Waals surface area contributed by atoms with Crippen LogP contribution in [0.15, 0.2) is 42.5 Å². The second-order valence-electron chi connectivity index (χ2n) is 5.37. The minimum atomic E-state index is -0.430. The number of benzene rings is 1. The molecule has 3 rings (SSSR count). The summed E-state index contributed by atoms with van der Waals surface area (Å²) in [6, 6.07) is 12.9. The van der Waals surface area contributed by atoms with Crippen molar-refractivity contribution in [1.82, 2.24) is 4.98 Å². The number of para-hydroxylation sites is 1. The molecule has 0 radical (unpaired) electrons. The van der Waals surface area contributed by atoms with E-state index in [0.717, 1.165) is 22.2 Å². The summed E-state index contributed by atoms with van der Waals surface area (Å²) in [7, 11) is 0. The van der Waals surface area contributed by atoms with Gasteiger partial charge in [0.15, 0.2) is 0 Å². The maximum atomic E-state index is 12.6. The maximum absolute atomic E-state index is 12.6. The van der Waals surface area contributed by atoms with Crippen molar-refractivity contribution < 1.29 is 14.3 Å². The second-order valence-corrected chi connectivity index (χ2v) is 6.51. The van der Waals surface area contributed by atoms with Gasteiger partial charge in [0.1, 0.15) is 10.7 Å². The van der Waals surface area contributed by atoms with Crippen molar-refractivity contribution in [3.05, 3.63) is 58.6 Å². The van der Waals surface area contributed by atoms with E-state index in [1.165, 1.54) is 11.3 Å². The number of fused-ring (bicyclic) bond motifs is 1. The zero-order chi connectivity index (χ0) is 17.8. The van der Waals surface area contributed by atoms with Crippen LogP contribution in [0.25, 0.3) is 10.9 Å². The molecule has 0 bridgehead atoms. The highest BCUT2D eigenvalue weighted by molar-refractivity contribution is 7.16. The molecule has 0 spiro atoms. The first kappa shape index (κ1) is 17.1. The topological polar surface area (TPSA) is 68.3 Å². The largest absolute Gasteiger partial charge is 0.462 e. The molecule has 1 amide bonds. The number of pyridine rings is 1. The lowest BCUT2D eigenvalue weighted by Gasteiger charge is -2.06. The Morgan fingerprint density at radius 1 is 1.16 bits per heavy atom. The summed E-state index contributed by atoms with van der Waals surface area (Å²) in [5.41, 5.74) is 1.44. The number of aryl methyl sites for hydroxylation is 1. The number of amides is 1. The third-order valence-electron chi connectivity index (χ3n) is 3.69. The molecule has 1 N–H and O–H groups in total. The predicted molar refractivity (Wildman–Crippen MR) is 99.3 cm³/mol. The van der Waals surface area contributed by atoms with E-state index in [1.54, 1.807) is 19.1 Å². The summed E-state index contributed by atoms with van der Waals surface area (Å²) in [4.78, 5) is 30.1. The number of hydrogen-bond acceptors (Lipinski definition) is 5. The molecule has 5 nitrogen and oxygen atoms in total. The first-order chi connectivity index (χ1) is 12.1. The van der Waals surface area contributed by atoms with E-state index in [0.29, 0.717) is 16.3 Å². The molecule has 6 heteroatoms. The van der Waals surface area contributed by atoms with E-state index in [1.807, 2.05) is 37.3 Å². The van der Waals surface area contributed by atoms with Crippen molar-refractivity contribution in [2.45, 2.75) is 20.3 Å². The minimum Gasteiger partial charge on any atom is -0.462 e. The van der Waals surface area contributed by atoms with Gasteiger partial charge in [0.2, 0.25) is 0 Å². The third-order valence-corrected chi connectivity index (χ3v) is 4.88. The number of carbonyl (C=O) groups excluding carboxylic acids is 2. The van der Waals surface area contributed by atoms with Gasteiger partial charge in [0.05, 0.1) is 17.7 Å². The van der Waals surface area contributed by atoms with Crippen molar-refractivity contribution in [3.8, 4) is 0 Å². The van der Waals surface area contributed by atoms with Crippen LogP contribution in [0.5, 0.6) is 0 Å². The fraction of sp³-hybridized carbons (Fsp3) is 0.211. The highest BCUT2D eigenvalue weighted by atomic mass is 32.1. The molecule has 3 aromatic rings. The average Bonchev–Trinajstić information content (AvgIpc) is 3.04. The zero-order valence-electron chi connectivity index (χ0n) is 14.0. The van der Waals surface area contributed by atoms with Gasteiger partial charge in [0, 0.05) is 10.3 Å². The molecule has 0 fully saturated rings. The molecule has 1 aromatic carbocycles. The number of hydrogen-bond donors (Lipinski definition) is 1. The lowest BCUT2D eigenvalue weighted by molar-refractivity contribution is 0.0528. The van der Waals surface area contributed by atoms with Gasteiger partial charge in [0.25, 0.3) is 5.91 Å². The lowest BCUT2D eigenvalue weighted by atomic mass is 10.2. The van der Waals surface area contributed by atoms with Crippen LogP contribution >= 0.6 is 11.3 Å². The summed E-state index contributed by atoms with van der Waals surface area (Å²) in [6.07, 6.45) is 0.779. The molecule has 2 heterocycles. The predicted octanol–water partition coefficient (Wildman–Crippen LogP) is 4.29. The van der Waals surface area contributed by atoms with Gasteiger partial charge >= 0.3 is 5.97 Å². The van der Waals surface area contributed by atoms with Crippen molar-refractivity contribution >= 4 is 39.1 Å². The molecule has 2 aromatic heterocycles. The highest BCUT2D eigenvalue weighted by Crippen LogP contribution is 2.29. The van der Waals surface area contributed by atoms with Gasteiger partial charge in [-0.2, -0.15) is 0 Å². The summed E-state index contributed by atoms with van der Waals surface area (Å²) >= 11 is 1.38. The molecular formula is C19H18N2O3S. The molecule has 0 saturated heterocycles. The number of thiophene rings is 1. The first-order valence-electron chi connectivity index (χ1n) is 8.09. The van der Waals surface area contributed by atoms with E-state index >= 15 is 0 Å².